The number of fused-ring (bicyclic) bond motifs is 1. The fourth-order valence-electron chi connectivity index (χ4n) is 2.86. The summed E-state index contributed by atoms with van der Waals surface area (Å²) in [6, 6.07) is 16.2. The highest BCUT2D eigenvalue weighted by atomic mass is 32.1. The number of carbonyl (C=O) groups is 1. The van der Waals surface area contributed by atoms with Crippen LogP contribution < -0.4 is 10.6 Å². The Bertz CT molecular complexity index is 838. The van der Waals surface area contributed by atoms with Crippen molar-refractivity contribution in [3.05, 3.63) is 64.7 Å². The highest BCUT2D eigenvalue weighted by molar-refractivity contribution is 7.18. The molecule has 0 spiro atoms. The van der Waals surface area contributed by atoms with E-state index in [2.05, 4.69) is 58.6 Å². The van der Waals surface area contributed by atoms with E-state index in [9.17, 15) is 4.79 Å². The summed E-state index contributed by atoms with van der Waals surface area (Å²) in [5.74, 6) is 0. The van der Waals surface area contributed by atoms with Gasteiger partial charge in [-0.3, -0.25) is 4.90 Å². The molecule has 0 fully saturated rings. The molecule has 3 rings (SSSR count). The zero-order valence-corrected chi connectivity index (χ0v) is 16.7. The van der Waals surface area contributed by atoms with Crippen molar-refractivity contribution >= 4 is 27.6 Å². The van der Waals surface area contributed by atoms with Gasteiger partial charge in [0.2, 0.25) is 0 Å². The van der Waals surface area contributed by atoms with Crippen LogP contribution in [0.25, 0.3) is 10.2 Å². The molecule has 0 saturated heterocycles. The molecule has 0 atom stereocenters. The largest absolute Gasteiger partial charge is 0.334 e. The number of thiazole rings is 1. The van der Waals surface area contributed by atoms with E-state index in [1.165, 1.54) is 5.56 Å². The van der Waals surface area contributed by atoms with E-state index >= 15 is 0 Å². The van der Waals surface area contributed by atoms with Gasteiger partial charge in [0.25, 0.3) is 0 Å². The van der Waals surface area contributed by atoms with Gasteiger partial charge in [-0.1, -0.05) is 50.2 Å². The Morgan fingerprint density at radius 2 is 1.63 bits per heavy atom. The molecule has 0 unspecified atom stereocenters. The van der Waals surface area contributed by atoms with Gasteiger partial charge in [-0.15, -0.1) is 11.3 Å². The number of amides is 2. The molecule has 142 valence electrons. The lowest BCUT2D eigenvalue weighted by Crippen LogP contribution is -2.34. The van der Waals surface area contributed by atoms with Gasteiger partial charge in [0.05, 0.1) is 16.8 Å². The molecular formula is C21H26N4OS. The van der Waals surface area contributed by atoms with Crippen LogP contribution in [0.2, 0.25) is 0 Å². The van der Waals surface area contributed by atoms with Crippen molar-refractivity contribution in [3.63, 3.8) is 0 Å². The van der Waals surface area contributed by atoms with Crippen LogP contribution in [0.1, 0.15) is 30.0 Å². The average molecular weight is 383 g/mol. The number of carbonyl (C=O) groups excluding carboxylic acids is 1. The molecule has 0 aliphatic rings. The molecule has 6 heteroatoms. The Kier molecular flexibility index (Phi) is 6.79. The van der Waals surface area contributed by atoms with Gasteiger partial charge in [-0.2, -0.15) is 0 Å². The molecule has 2 aromatic carbocycles. The summed E-state index contributed by atoms with van der Waals surface area (Å²) in [4.78, 5) is 18.9. The minimum absolute atomic E-state index is 0.179. The van der Waals surface area contributed by atoms with Crippen LogP contribution in [-0.2, 0) is 19.6 Å². The topological polar surface area (TPSA) is 57.3 Å². The standard InChI is InChI=1S/C21H26N4OS/c1-3-25(4-2)15-17-11-9-16(10-12-17)13-22-21(26)23-14-20-24-18-7-5-6-8-19(18)27-20/h5-12H,3-4,13-15H2,1-2H3,(H2,22,23,26). The van der Waals surface area contributed by atoms with Crippen LogP contribution in [-0.4, -0.2) is 29.0 Å². The quantitative estimate of drug-likeness (QED) is 0.616. The van der Waals surface area contributed by atoms with E-state index in [0.29, 0.717) is 13.1 Å². The first kappa shape index (κ1) is 19.3. The number of para-hydroxylation sites is 1. The van der Waals surface area contributed by atoms with Crippen LogP contribution in [0.5, 0.6) is 0 Å². The van der Waals surface area contributed by atoms with E-state index in [4.69, 9.17) is 0 Å². The van der Waals surface area contributed by atoms with Gasteiger partial charge in [0.1, 0.15) is 5.01 Å². The molecular weight excluding hydrogens is 356 g/mol. The van der Waals surface area contributed by atoms with Crippen LogP contribution in [0, 0.1) is 0 Å². The summed E-state index contributed by atoms with van der Waals surface area (Å²) in [5.41, 5.74) is 3.36. The minimum atomic E-state index is -0.179. The van der Waals surface area contributed by atoms with Crippen LogP contribution in [0.15, 0.2) is 48.5 Å². The summed E-state index contributed by atoms with van der Waals surface area (Å²) in [5, 5.41) is 6.69. The normalized spacial score (nSPS) is 11.1. The third-order valence-electron chi connectivity index (χ3n) is 4.51. The predicted octanol–water partition coefficient (Wildman–Crippen LogP) is 4.14. The van der Waals surface area contributed by atoms with Gasteiger partial charge in [0.15, 0.2) is 0 Å². The second-order valence-electron chi connectivity index (χ2n) is 6.39. The Hall–Kier alpha value is -2.44. The lowest BCUT2D eigenvalue weighted by Gasteiger charge is -2.18. The molecule has 27 heavy (non-hydrogen) atoms. The van der Waals surface area contributed by atoms with Crippen molar-refractivity contribution in [3.8, 4) is 0 Å². The van der Waals surface area contributed by atoms with Crippen LogP contribution in [0.3, 0.4) is 0 Å². The van der Waals surface area contributed by atoms with Crippen molar-refractivity contribution in [1.82, 2.24) is 20.5 Å². The molecule has 2 amide bonds. The number of benzene rings is 2. The maximum absolute atomic E-state index is 12.0. The number of rotatable bonds is 8. The van der Waals surface area contributed by atoms with Crippen molar-refractivity contribution < 1.29 is 4.79 Å². The van der Waals surface area contributed by atoms with E-state index in [0.717, 1.165) is 40.4 Å². The molecule has 0 aliphatic heterocycles. The summed E-state index contributed by atoms with van der Waals surface area (Å²) in [7, 11) is 0. The SMILES string of the molecule is CCN(CC)Cc1ccc(CNC(=O)NCc2nc3ccccc3s2)cc1. The van der Waals surface area contributed by atoms with Crippen molar-refractivity contribution in [2.24, 2.45) is 0 Å². The predicted molar refractivity (Wildman–Crippen MR) is 112 cm³/mol. The molecule has 1 heterocycles. The Labute approximate surface area is 164 Å². The Morgan fingerprint density at radius 1 is 0.963 bits per heavy atom. The number of aromatic nitrogens is 1. The average Bonchev–Trinajstić information content (AvgIpc) is 3.13. The molecule has 0 aliphatic carbocycles. The second kappa shape index (κ2) is 9.48. The number of hydrogen-bond acceptors (Lipinski definition) is 4. The summed E-state index contributed by atoms with van der Waals surface area (Å²) < 4.78 is 1.14. The van der Waals surface area contributed by atoms with E-state index in [1.807, 2.05) is 24.3 Å². The third-order valence-corrected chi connectivity index (χ3v) is 5.55. The van der Waals surface area contributed by atoms with E-state index < -0.39 is 0 Å². The summed E-state index contributed by atoms with van der Waals surface area (Å²) in [6.07, 6.45) is 0. The first-order valence-corrected chi connectivity index (χ1v) is 10.2. The number of nitrogens with one attached hydrogen (secondary N) is 2. The van der Waals surface area contributed by atoms with Gasteiger partial charge in [0, 0.05) is 13.1 Å². The maximum atomic E-state index is 12.0. The van der Waals surface area contributed by atoms with Crippen LogP contribution >= 0.6 is 11.3 Å². The summed E-state index contributed by atoms with van der Waals surface area (Å²) >= 11 is 1.61. The molecule has 0 radical (unpaired) electrons. The molecule has 5 nitrogen and oxygen atoms in total. The molecule has 1 aromatic heterocycles. The number of nitrogens with zero attached hydrogens (tertiary/aromatic N) is 2. The maximum Gasteiger partial charge on any atom is 0.315 e. The third kappa shape index (κ3) is 5.52. The Morgan fingerprint density at radius 3 is 2.33 bits per heavy atom. The van der Waals surface area contributed by atoms with Crippen LogP contribution in [0.4, 0.5) is 4.79 Å². The first-order valence-electron chi connectivity index (χ1n) is 9.34. The van der Waals surface area contributed by atoms with Gasteiger partial charge in [-0.25, -0.2) is 9.78 Å². The second-order valence-corrected chi connectivity index (χ2v) is 7.50. The lowest BCUT2D eigenvalue weighted by atomic mass is 10.1. The fourth-order valence-corrected chi connectivity index (χ4v) is 3.77. The smallest absolute Gasteiger partial charge is 0.315 e. The van der Waals surface area contributed by atoms with Crippen molar-refractivity contribution in [2.75, 3.05) is 13.1 Å². The number of urea groups is 1. The van der Waals surface area contributed by atoms with Gasteiger partial charge in [-0.05, 0) is 36.3 Å². The summed E-state index contributed by atoms with van der Waals surface area (Å²) in [6.45, 7) is 8.36. The first-order chi connectivity index (χ1) is 13.2. The lowest BCUT2D eigenvalue weighted by molar-refractivity contribution is 0.240. The molecule has 0 bridgehead atoms. The minimum Gasteiger partial charge on any atom is -0.334 e. The monoisotopic (exact) mass is 382 g/mol. The Balaban J connectivity index is 1.44. The number of hydrogen-bond donors (Lipinski definition) is 2. The highest BCUT2D eigenvalue weighted by Gasteiger charge is 2.06. The van der Waals surface area contributed by atoms with E-state index in [1.54, 1.807) is 11.3 Å². The molecule has 0 saturated carbocycles. The highest BCUT2D eigenvalue weighted by Crippen LogP contribution is 2.21. The van der Waals surface area contributed by atoms with Gasteiger partial charge < -0.3 is 10.6 Å². The van der Waals surface area contributed by atoms with Crippen molar-refractivity contribution in [1.29, 1.82) is 0 Å². The zero-order valence-electron chi connectivity index (χ0n) is 15.9. The zero-order chi connectivity index (χ0) is 19.1. The molecule has 2 N–H and O–H groups in total. The van der Waals surface area contributed by atoms with Crippen molar-refractivity contribution in [2.45, 2.75) is 33.5 Å². The van der Waals surface area contributed by atoms with E-state index in [-0.39, 0.29) is 6.03 Å². The van der Waals surface area contributed by atoms with Gasteiger partial charge >= 0.3 is 6.03 Å². The fraction of sp³-hybridized carbons (Fsp3) is 0.333. The molecule has 3 aromatic rings.